The molecule has 0 saturated carbocycles. The average Bonchev–Trinajstić information content (AvgIpc) is 2.69. The molecule has 0 bridgehead atoms. The number of nitrogens with zero attached hydrogens (tertiary/aromatic N) is 3. The number of para-hydroxylation sites is 1. The van der Waals surface area contributed by atoms with Crippen molar-refractivity contribution in [1.29, 1.82) is 0 Å². The number of likely N-dealkylation sites (tertiary alicyclic amines) is 1. The number of hydrogen-bond acceptors (Lipinski definition) is 6. The number of aliphatic carboxylic acids is 1. The first-order valence-electron chi connectivity index (χ1n) is 8.30. The molecule has 1 amide bonds. The van der Waals surface area contributed by atoms with Crippen molar-refractivity contribution in [3.8, 4) is 5.75 Å². The smallest absolute Gasteiger partial charge is 0.348 e. The van der Waals surface area contributed by atoms with Crippen molar-refractivity contribution in [3.63, 3.8) is 0 Å². The molecule has 1 aliphatic heterocycles. The number of carboxylic acid groups (broad SMARTS) is 1. The summed E-state index contributed by atoms with van der Waals surface area (Å²) < 4.78 is 5.80. The van der Waals surface area contributed by atoms with Gasteiger partial charge in [-0.1, -0.05) is 18.2 Å². The number of benzene rings is 1. The number of carboxylic acids is 1. The average molecular weight is 356 g/mol. The molecule has 3 rings (SSSR count). The fraction of sp³-hybridized carbons (Fsp3) is 0.333. The van der Waals surface area contributed by atoms with E-state index in [1.807, 2.05) is 6.07 Å². The van der Waals surface area contributed by atoms with Crippen LogP contribution in [0.3, 0.4) is 0 Å². The molecule has 2 heterocycles. The first-order chi connectivity index (χ1) is 12.5. The molecule has 1 aromatic heterocycles. The monoisotopic (exact) mass is 356 g/mol. The van der Waals surface area contributed by atoms with Crippen molar-refractivity contribution in [2.75, 3.05) is 25.5 Å². The summed E-state index contributed by atoms with van der Waals surface area (Å²) in [5.74, 6) is -0.298. The lowest BCUT2D eigenvalue weighted by molar-refractivity contribution is -0.159. The number of piperidine rings is 1. The van der Waals surface area contributed by atoms with Crippen molar-refractivity contribution in [3.05, 3.63) is 48.3 Å². The van der Waals surface area contributed by atoms with E-state index in [1.165, 1.54) is 12.4 Å². The van der Waals surface area contributed by atoms with Crippen LogP contribution in [-0.2, 0) is 4.79 Å². The van der Waals surface area contributed by atoms with Crippen LogP contribution in [0.15, 0.2) is 42.7 Å². The molecule has 2 N–H and O–H groups in total. The van der Waals surface area contributed by atoms with E-state index in [9.17, 15) is 14.7 Å². The van der Waals surface area contributed by atoms with Crippen LogP contribution in [0, 0.1) is 0 Å². The van der Waals surface area contributed by atoms with Crippen molar-refractivity contribution < 1.29 is 19.4 Å². The zero-order chi connectivity index (χ0) is 18.6. The largest absolute Gasteiger partial charge is 0.478 e. The zero-order valence-electron chi connectivity index (χ0n) is 14.4. The molecular weight excluding hydrogens is 336 g/mol. The Morgan fingerprint density at radius 3 is 2.31 bits per heavy atom. The molecule has 0 radical (unpaired) electrons. The van der Waals surface area contributed by atoms with Crippen molar-refractivity contribution in [2.24, 2.45) is 0 Å². The number of ether oxygens (including phenoxy) is 1. The molecule has 1 fully saturated rings. The van der Waals surface area contributed by atoms with E-state index in [4.69, 9.17) is 4.74 Å². The number of anilines is 1. The Labute approximate surface area is 150 Å². The second kappa shape index (κ2) is 7.38. The topological polar surface area (TPSA) is 105 Å². The molecule has 8 nitrogen and oxygen atoms in total. The van der Waals surface area contributed by atoms with Crippen LogP contribution in [0.1, 0.15) is 23.2 Å². The van der Waals surface area contributed by atoms with Crippen LogP contribution < -0.4 is 10.1 Å². The highest BCUT2D eigenvalue weighted by atomic mass is 16.5. The number of nitrogens with one attached hydrogen (secondary N) is 1. The van der Waals surface area contributed by atoms with E-state index < -0.39 is 11.6 Å². The molecule has 0 aliphatic carbocycles. The SMILES string of the molecule is CNc1ncc(C(=O)N2CCC(Oc3ccccc3)(C(=O)O)CC2)cn1. The Hall–Kier alpha value is -3.16. The Kier molecular flexibility index (Phi) is 5.01. The third-order valence-corrected chi connectivity index (χ3v) is 4.43. The van der Waals surface area contributed by atoms with Gasteiger partial charge in [0.15, 0.2) is 0 Å². The lowest BCUT2D eigenvalue weighted by Gasteiger charge is -2.38. The number of rotatable bonds is 5. The van der Waals surface area contributed by atoms with Crippen molar-refractivity contribution >= 4 is 17.8 Å². The standard InChI is InChI=1S/C18H20N4O4/c1-19-17-20-11-13(12-21-17)15(23)22-9-7-18(8-10-22,16(24)25)26-14-5-3-2-4-6-14/h2-6,11-12H,7-10H2,1H3,(H,24,25)(H,19,20,21). The van der Waals surface area contributed by atoms with Gasteiger partial charge in [0, 0.05) is 45.4 Å². The molecular formula is C18H20N4O4. The highest BCUT2D eigenvalue weighted by molar-refractivity contribution is 5.94. The van der Waals surface area contributed by atoms with Gasteiger partial charge < -0.3 is 20.1 Å². The molecule has 26 heavy (non-hydrogen) atoms. The van der Waals surface area contributed by atoms with Gasteiger partial charge in [0.1, 0.15) is 5.75 Å². The van der Waals surface area contributed by atoms with Gasteiger partial charge in [-0.25, -0.2) is 14.8 Å². The fourth-order valence-electron chi connectivity index (χ4n) is 2.89. The lowest BCUT2D eigenvalue weighted by atomic mass is 9.90. The molecule has 2 aromatic rings. The number of aromatic nitrogens is 2. The Balaban J connectivity index is 1.69. The minimum absolute atomic E-state index is 0.207. The Morgan fingerprint density at radius 2 is 1.77 bits per heavy atom. The van der Waals surface area contributed by atoms with Gasteiger partial charge in [0.2, 0.25) is 11.5 Å². The summed E-state index contributed by atoms with van der Waals surface area (Å²) >= 11 is 0. The summed E-state index contributed by atoms with van der Waals surface area (Å²) in [5, 5.41) is 12.5. The van der Waals surface area contributed by atoms with Crippen LogP contribution >= 0.6 is 0 Å². The summed E-state index contributed by atoms with van der Waals surface area (Å²) in [4.78, 5) is 34.1. The predicted molar refractivity (Wildman–Crippen MR) is 94.2 cm³/mol. The predicted octanol–water partition coefficient (Wildman–Crippen LogP) is 1.66. The van der Waals surface area contributed by atoms with E-state index in [0.717, 1.165) is 0 Å². The third-order valence-electron chi connectivity index (χ3n) is 4.43. The van der Waals surface area contributed by atoms with Gasteiger partial charge in [0.05, 0.1) is 5.56 Å². The maximum Gasteiger partial charge on any atom is 0.348 e. The van der Waals surface area contributed by atoms with Gasteiger partial charge in [-0.15, -0.1) is 0 Å². The van der Waals surface area contributed by atoms with E-state index in [0.29, 0.717) is 17.3 Å². The first kappa shape index (κ1) is 17.7. The van der Waals surface area contributed by atoms with Gasteiger partial charge in [-0.05, 0) is 12.1 Å². The molecule has 0 unspecified atom stereocenters. The van der Waals surface area contributed by atoms with Crippen LogP contribution in [0.25, 0.3) is 0 Å². The third kappa shape index (κ3) is 3.58. The van der Waals surface area contributed by atoms with Crippen LogP contribution in [0.4, 0.5) is 5.95 Å². The lowest BCUT2D eigenvalue weighted by Crippen LogP contribution is -2.54. The van der Waals surface area contributed by atoms with E-state index >= 15 is 0 Å². The number of amides is 1. The van der Waals surface area contributed by atoms with Gasteiger partial charge in [-0.3, -0.25) is 4.79 Å². The quantitative estimate of drug-likeness (QED) is 0.839. The number of hydrogen-bond donors (Lipinski definition) is 2. The molecule has 0 spiro atoms. The van der Waals surface area contributed by atoms with E-state index in [-0.39, 0.29) is 31.8 Å². The molecule has 1 aromatic carbocycles. The summed E-state index contributed by atoms with van der Waals surface area (Å²) in [5.41, 5.74) is -0.958. The highest BCUT2D eigenvalue weighted by Crippen LogP contribution is 2.29. The summed E-state index contributed by atoms with van der Waals surface area (Å²) in [7, 11) is 1.69. The Morgan fingerprint density at radius 1 is 1.15 bits per heavy atom. The summed E-state index contributed by atoms with van der Waals surface area (Å²) in [6.07, 6.45) is 3.33. The van der Waals surface area contributed by atoms with Crippen LogP contribution in [0.2, 0.25) is 0 Å². The fourth-order valence-corrected chi connectivity index (χ4v) is 2.89. The Bertz CT molecular complexity index is 772. The molecule has 136 valence electrons. The maximum atomic E-state index is 12.6. The van der Waals surface area contributed by atoms with E-state index in [2.05, 4.69) is 15.3 Å². The zero-order valence-corrected chi connectivity index (χ0v) is 14.4. The van der Waals surface area contributed by atoms with Crippen LogP contribution in [0.5, 0.6) is 5.75 Å². The molecule has 8 heteroatoms. The van der Waals surface area contributed by atoms with Crippen LogP contribution in [-0.4, -0.2) is 57.6 Å². The second-order valence-corrected chi connectivity index (χ2v) is 6.05. The summed E-state index contributed by atoms with van der Waals surface area (Å²) in [6, 6.07) is 8.87. The van der Waals surface area contributed by atoms with Gasteiger partial charge in [0.25, 0.3) is 5.91 Å². The first-order valence-corrected chi connectivity index (χ1v) is 8.30. The minimum Gasteiger partial charge on any atom is -0.478 e. The van der Waals surface area contributed by atoms with Crippen molar-refractivity contribution in [1.82, 2.24) is 14.9 Å². The number of carbonyl (C=O) groups excluding carboxylic acids is 1. The minimum atomic E-state index is -1.33. The van der Waals surface area contributed by atoms with Crippen molar-refractivity contribution in [2.45, 2.75) is 18.4 Å². The number of carbonyl (C=O) groups is 2. The van der Waals surface area contributed by atoms with E-state index in [1.54, 1.807) is 36.2 Å². The second-order valence-electron chi connectivity index (χ2n) is 6.05. The molecule has 1 aliphatic rings. The van der Waals surface area contributed by atoms with Gasteiger partial charge in [-0.2, -0.15) is 0 Å². The molecule has 1 saturated heterocycles. The van der Waals surface area contributed by atoms with Gasteiger partial charge >= 0.3 is 5.97 Å². The molecule has 0 atom stereocenters. The highest BCUT2D eigenvalue weighted by Gasteiger charge is 2.45. The summed E-state index contributed by atoms with van der Waals surface area (Å²) in [6.45, 7) is 0.567. The normalized spacial score (nSPS) is 16.0. The maximum absolute atomic E-state index is 12.6.